The molecule has 3 rings (SSSR count). The van der Waals surface area contributed by atoms with Gasteiger partial charge >= 0.3 is 0 Å². The maximum atomic E-state index is 13.4. The summed E-state index contributed by atoms with van der Waals surface area (Å²) in [6.45, 7) is 9.50. The lowest BCUT2D eigenvalue weighted by Gasteiger charge is -2.26. The van der Waals surface area contributed by atoms with Crippen molar-refractivity contribution in [3.8, 4) is 0 Å². The van der Waals surface area contributed by atoms with E-state index in [-0.39, 0.29) is 23.9 Å². The molecule has 4 N–H and O–H groups in total. The monoisotopic (exact) mass is 523 g/mol. The first-order valence-electron chi connectivity index (χ1n) is 12.9. The summed E-state index contributed by atoms with van der Waals surface area (Å²) < 4.78 is 0. The van der Waals surface area contributed by atoms with Crippen LogP contribution in [0.1, 0.15) is 64.4 Å². The van der Waals surface area contributed by atoms with Gasteiger partial charge in [-0.15, -0.1) is 0 Å². The molecule has 1 aromatic heterocycles. The number of hydrogen-bond donors (Lipinski definition) is 4. The zero-order chi connectivity index (χ0) is 28.0. The lowest BCUT2D eigenvalue weighted by Crippen LogP contribution is -2.56. The van der Waals surface area contributed by atoms with Crippen molar-refractivity contribution in [3.63, 3.8) is 0 Å². The van der Waals surface area contributed by atoms with Crippen LogP contribution in [0.25, 0.3) is 10.9 Å². The van der Waals surface area contributed by atoms with E-state index >= 15 is 0 Å². The number of Topliss-reactive ketones (excluding diaryl/α,β-unsaturated/α-hetero) is 1. The topological polar surface area (TPSA) is 146 Å². The number of aromatic nitrogens is 1. The molecule has 0 saturated carbocycles. The van der Waals surface area contributed by atoms with Crippen molar-refractivity contribution in [1.82, 2.24) is 26.3 Å². The van der Waals surface area contributed by atoms with Gasteiger partial charge in [0.05, 0.1) is 11.6 Å². The second-order valence-corrected chi connectivity index (χ2v) is 11.2. The molecule has 1 unspecified atom stereocenters. The quantitative estimate of drug-likeness (QED) is 0.350. The van der Waals surface area contributed by atoms with Crippen LogP contribution in [0.3, 0.4) is 0 Å². The van der Waals surface area contributed by atoms with Crippen molar-refractivity contribution in [1.29, 1.82) is 0 Å². The second-order valence-electron chi connectivity index (χ2n) is 11.2. The fourth-order valence-corrected chi connectivity index (χ4v) is 4.35. The predicted octanol–water partition coefficient (Wildman–Crippen LogP) is 1.87. The van der Waals surface area contributed by atoms with Crippen molar-refractivity contribution >= 4 is 40.3 Å². The maximum Gasteiger partial charge on any atom is 0.290 e. The van der Waals surface area contributed by atoms with Crippen LogP contribution in [0.5, 0.6) is 0 Å². The Hall–Kier alpha value is -3.82. The predicted molar refractivity (Wildman–Crippen MR) is 143 cm³/mol. The van der Waals surface area contributed by atoms with Gasteiger partial charge < -0.3 is 21.3 Å². The van der Waals surface area contributed by atoms with Crippen molar-refractivity contribution in [2.45, 2.75) is 71.5 Å². The summed E-state index contributed by atoms with van der Waals surface area (Å²) in [7, 11) is 0. The van der Waals surface area contributed by atoms with Crippen LogP contribution >= 0.6 is 0 Å². The largest absolute Gasteiger partial charge is 0.356 e. The number of pyridine rings is 1. The van der Waals surface area contributed by atoms with Crippen molar-refractivity contribution < 1.29 is 24.0 Å². The molecule has 1 fully saturated rings. The highest BCUT2D eigenvalue weighted by atomic mass is 16.2. The average Bonchev–Trinajstić information content (AvgIpc) is 3.25. The Morgan fingerprint density at radius 1 is 1.03 bits per heavy atom. The molecule has 1 aliphatic rings. The lowest BCUT2D eigenvalue weighted by atomic mass is 9.94. The van der Waals surface area contributed by atoms with Crippen LogP contribution in [0, 0.1) is 11.8 Å². The Kier molecular flexibility index (Phi) is 9.19. The van der Waals surface area contributed by atoms with Gasteiger partial charge in [0.2, 0.25) is 17.6 Å². The Labute approximate surface area is 222 Å². The molecule has 1 saturated heterocycles. The molecule has 38 heavy (non-hydrogen) atoms. The average molecular weight is 524 g/mol. The second kappa shape index (κ2) is 12.1. The van der Waals surface area contributed by atoms with E-state index in [0.29, 0.717) is 24.9 Å². The number of para-hydroxylation sites is 1. The van der Waals surface area contributed by atoms with Gasteiger partial charge in [0.1, 0.15) is 11.7 Å². The Balaban J connectivity index is 1.79. The van der Waals surface area contributed by atoms with Crippen molar-refractivity contribution in [2.75, 3.05) is 6.54 Å². The lowest BCUT2D eigenvalue weighted by molar-refractivity contribution is -0.141. The van der Waals surface area contributed by atoms with Crippen LogP contribution in [-0.2, 0) is 19.2 Å². The van der Waals surface area contributed by atoms with Crippen LogP contribution < -0.4 is 21.3 Å². The molecule has 0 bridgehead atoms. The summed E-state index contributed by atoms with van der Waals surface area (Å²) in [5, 5.41) is 11.6. The molecule has 1 aromatic carbocycles. The molecular formula is C28H37N5O5. The summed E-state index contributed by atoms with van der Waals surface area (Å²) in [6, 6.07) is 8.55. The molecule has 204 valence electrons. The maximum absolute atomic E-state index is 13.4. The number of fused-ring (bicyclic) bond motifs is 1. The highest BCUT2D eigenvalue weighted by Gasteiger charge is 2.36. The molecule has 4 amide bonds. The first-order valence-corrected chi connectivity index (χ1v) is 12.9. The molecule has 0 radical (unpaired) electrons. The van der Waals surface area contributed by atoms with Crippen LogP contribution in [-0.4, -0.2) is 58.6 Å². The van der Waals surface area contributed by atoms with Crippen molar-refractivity contribution in [2.24, 2.45) is 11.8 Å². The minimum Gasteiger partial charge on any atom is -0.356 e. The third kappa shape index (κ3) is 7.84. The summed E-state index contributed by atoms with van der Waals surface area (Å²) in [5.74, 6) is -3.50. The first kappa shape index (κ1) is 28.7. The summed E-state index contributed by atoms with van der Waals surface area (Å²) in [6.07, 6.45) is 0.784. The van der Waals surface area contributed by atoms with E-state index in [4.69, 9.17) is 0 Å². The van der Waals surface area contributed by atoms with Gasteiger partial charge in [-0.3, -0.25) is 24.0 Å². The molecule has 0 aliphatic carbocycles. The summed E-state index contributed by atoms with van der Waals surface area (Å²) in [5.41, 5.74) is 0.146. The Morgan fingerprint density at radius 2 is 1.74 bits per heavy atom. The number of nitrogens with one attached hydrogen (secondary N) is 4. The van der Waals surface area contributed by atoms with Gasteiger partial charge in [0.15, 0.2) is 0 Å². The molecule has 1 aliphatic heterocycles. The van der Waals surface area contributed by atoms with Gasteiger partial charge in [-0.05, 0) is 58.1 Å². The van der Waals surface area contributed by atoms with E-state index in [1.165, 1.54) is 0 Å². The standard InChI is InChI=1S/C28H37N5O5/c1-16(2)14-22(32-25(36)20-11-10-17-8-6-7-9-19(17)30-20)26(37)31-21(15-18-12-13-29-24(18)35)23(34)27(38)33-28(3,4)5/h6-11,16,18,21-22H,12-15H2,1-5H3,(H,29,35)(H,31,37)(H,32,36)(H,33,38)/t18-,21?,22-/m0/s1. The molecule has 10 heteroatoms. The molecule has 0 spiro atoms. The third-order valence-corrected chi connectivity index (χ3v) is 6.19. The molecular weight excluding hydrogens is 486 g/mol. The van der Waals surface area contributed by atoms with Crippen LogP contribution in [0.15, 0.2) is 36.4 Å². The first-order chi connectivity index (χ1) is 17.8. The van der Waals surface area contributed by atoms with Gasteiger partial charge in [-0.1, -0.05) is 38.1 Å². The number of amides is 4. The normalized spacial score (nSPS) is 17.0. The number of hydrogen-bond acceptors (Lipinski definition) is 6. The van der Waals surface area contributed by atoms with Crippen LogP contribution in [0.2, 0.25) is 0 Å². The minimum atomic E-state index is -1.22. The van der Waals surface area contributed by atoms with Gasteiger partial charge in [-0.25, -0.2) is 4.98 Å². The molecule has 10 nitrogen and oxygen atoms in total. The van der Waals surface area contributed by atoms with Gasteiger partial charge in [0.25, 0.3) is 11.8 Å². The van der Waals surface area contributed by atoms with Gasteiger partial charge in [-0.2, -0.15) is 0 Å². The van der Waals surface area contributed by atoms with E-state index in [2.05, 4.69) is 26.3 Å². The fourth-order valence-electron chi connectivity index (χ4n) is 4.35. The SMILES string of the molecule is CC(C)C[C@H](NC(=O)c1ccc2ccccc2n1)C(=O)NC(C[C@@H]1CCNC1=O)C(=O)C(=O)NC(C)(C)C. The Bertz CT molecular complexity index is 1220. The van der Waals surface area contributed by atoms with Crippen molar-refractivity contribution in [3.05, 3.63) is 42.1 Å². The minimum absolute atomic E-state index is 0.0114. The zero-order valence-electron chi connectivity index (χ0n) is 22.6. The highest BCUT2D eigenvalue weighted by Crippen LogP contribution is 2.18. The number of carbonyl (C=O) groups excluding carboxylic acids is 5. The number of nitrogens with zero attached hydrogens (tertiary/aromatic N) is 1. The number of carbonyl (C=O) groups is 5. The zero-order valence-corrected chi connectivity index (χ0v) is 22.6. The smallest absolute Gasteiger partial charge is 0.290 e. The number of rotatable bonds is 10. The molecule has 2 aromatic rings. The number of benzene rings is 1. The van der Waals surface area contributed by atoms with E-state index in [1.54, 1.807) is 39.0 Å². The summed E-state index contributed by atoms with van der Waals surface area (Å²) >= 11 is 0. The fraction of sp³-hybridized carbons (Fsp3) is 0.500. The molecule has 2 heterocycles. The van der Waals surface area contributed by atoms with Crippen LogP contribution in [0.4, 0.5) is 0 Å². The van der Waals surface area contributed by atoms with E-state index in [0.717, 1.165) is 5.39 Å². The molecule has 3 atom stereocenters. The van der Waals surface area contributed by atoms with E-state index in [9.17, 15) is 24.0 Å². The van der Waals surface area contributed by atoms with E-state index < -0.39 is 47.0 Å². The highest BCUT2D eigenvalue weighted by molar-refractivity contribution is 6.38. The third-order valence-electron chi connectivity index (χ3n) is 6.19. The Morgan fingerprint density at radius 3 is 2.37 bits per heavy atom. The van der Waals surface area contributed by atoms with E-state index in [1.807, 2.05) is 32.0 Å². The summed E-state index contributed by atoms with van der Waals surface area (Å²) in [4.78, 5) is 68.8. The number of ketones is 1. The van der Waals surface area contributed by atoms with Gasteiger partial charge in [0, 0.05) is 23.4 Å².